The molecule has 0 N–H and O–H groups in total. The van der Waals surface area contributed by atoms with Gasteiger partial charge in [0, 0.05) is 12.3 Å². The van der Waals surface area contributed by atoms with Crippen LogP contribution in [0.2, 0.25) is 0 Å². The number of hydrogen-bond donors (Lipinski definition) is 0. The molecule has 0 aliphatic heterocycles. The van der Waals surface area contributed by atoms with E-state index in [1.807, 2.05) is 13.0 Å². The van der Waals surface area contributed by atoms with E-state index < -0.39 is 0 Å². The summed E-state index contributed by atoms with van der Waals surface area (Å²) in [6, 6.07) is 4.85. The lowest BCUT2D eigenvalue weighted by molar-refractivity contribution is 1.23. The molecular weight excluding hydrogens is 166 g/mol. The van der Waals surface area contributed by atoms with Crippen molar-refractivity contribution < 1.29 is 0 Å². The van der Waals surface area contributed by atoms with E-state index in [1.165, 1.54) is 0 Å². The van der Waals surface area contributed by atoms with Crippen LogP contribution in [-0.2, 0) is 0 Å². The van der Waals surface area contributed by atoms with Crippen molar-refractivity contribution in [3.63, 3.8) is 0 Å². The Morgan fingerprint density at radius 1 is 1.75 bits per heavy atom. The SMILES string of the molecule is Cc1[c]cnc(Br)c1. The first-order valence-electron chi connectivity index (χ1n) is 2.29. The lowest BCUT2D eigenvalue weighted by atomic mass is 10.3. The van der Waals surface area contributed by atoms with Crippen molar-refractivity contribution >= 4 is 15.9 Å². The fraction of sp³-hybridized carbons (Fsp3) is 0.167. The summed E-state index contributed by atoms with van der Waals surface area (Å²) in [5, 5.41) is 0. The quantitative estimate of drug-likeness (QED) is 0.543. The molecule has 0 saturated carbocycles. The number of aryl methyl sites for hydroxylation is 1. The largest absolute Gasteiger partial charge is 0.249 e. The van der Waals surface area contributed by atoms with Crippen molar-refractivity contribution in [2.75, 3.05) is 0 Å². The molecular formula is C6H5BrN. The van der Waals surface area contributed by atoms with Gasteiger partial charge in [0.05, 0.1) is 0 Å². The Morgan fingerprint density at radius 2 is 2.50 bits per heavy atom. The maximum atomic E-state index is 3.90. The third-order valence-corrected chi connectivity index (χ3v) is 1.25. The van der Waals surface area contributed by atoms with Crippen molar-refractivity contribution in [1.29, 1.82) is 0 Å². The van der Waals surface area contributed by atoms with Crippen molar-refractivity contribution in [3.8, 4) is 0 Å². The topological polar surface area (TPSA) is 12.9 Å². The fourth-order valence-electron chi connectivity index (χ4n) is 0.453. The van der Waals surface area contributed by atoms with Crippen LogP contribution in [0.15, 0.2) is 16.9 Å². The van der Waals surface area contributed by atoms with Crippen LogP contribution in [0.3, 0.4) is 0 Å². The molecule has 0 aliphatic rings. The summed E-state index contributed by atoms with van der Waals surface area (Å²) in [6.45, 7) is 1.98. The lowest BCUT2D eigenvalue weighted by Crippen LogP contribution is -1.74. The second-order valence-electron chi connectivity index (χ2n) is 1.55. The molecule has 2 heteroatoms. The molecule has 0 aromatic carbocycles. The van der Waals surface area contributed by atoms with Gasteiger partial charge in [-0.05, 0) is 34.5 Å². The van der Waals surface area contributed by atoms with Crippen LogP contribution in [0.5, 0.6) is 0 Å². The number of aromatic nitrogens is 1. The summed E-state index contributed by atoms with van der Waals surface area (Å²) >= 11 is 3.23. The Kier molecular flexibility index (Phi) is 1.63. The summed E-state index contributed by atoms with van der Waals surface area (Å²) in [5.74, 6) is 0. The molecule has 0 atom stereocenters. The predicted molar refractivity (Wildman–Crippen MR) is 35.5 cm³/mol. The van der Waals surface area contributed by atoms with Gasteiger partial charge in [-0.3, -0.25) is 0 Å². The molecule has 0 amide bonds. The number of hydrogen-bond acceptors (Lipinski definition) is 1. The summed E-state index contributed by atoms with van der Waals surface area (Å²) in [4.78, 5) is 3.90. The second kappa shape index (κ2) is 2.27. The smallest absolute Gasteiger partial charge is 0.106 e. The zero-order valence-electron chi connectivity index (χ0n) is 4.48. The minimum Gasteiger partial charge on any atom is -0.249 e. The molecule has 1 heterocycles. The van der Waals surface area contributed by atoms with E-state index in [-0.39, 0.29) is 0 Å². The molecule has 0 aliphatic carbocycles. The molecule has 0 spiro atoms. The van der Waals surface area contributed by atoms with Gasteiger partial charge < -0.3 is 0 Å². The van der Waals surface area contributed by atoms with E-state index in [0.717, 1.165) is 10.2 Å². The first-order valence-corrected chi connectivity index (χ1v) is 3.08. The van der Waals surface area contributed by atoms with Crippen LogP contribution in [0.4, 0.5) is 0 Å². The first kappa shape index (κ1) is 5.76. The maximum absolute atomic E-state index is 3.90. The van der Waals surface area contributed by atoms with Crippen molar-refractivity contribution in [2.24, 2.45) is 0 Å². The Labute approximate surface area is 56.9 Å². The van der Waals surface area contributed by atoms with Crippen LogP contribution < -0.4 is 0 Å². The van der Waals surface area contributed by atoms with Gasteiger partial charge in [-0.25, -0.2) is 4.98 Å². The normalized spacial score (nSPS) is 9.25. The molecule has 1 aromatic rings. The van der Waals surface area contributed by atoms with Gasteiger partial charge in [-0.15, -0.1) is 0 Å². The van der Waals surface area contributed by atoms with Crippen molar-refractivity contribution in [2.45, 2.75) is 6.92 Å². The Bertz CT molecular complexity index is 168. The summed E-state index contributed by atoms with van der Waals surface area (Å²) in [6.07, 6.45) is 1.65. The van der Waals surface area contributed by atoms with Crippen LogP contribution >= 0.6 is 15.9 Å². The minimum atomic E-state index is 0.869. The standard InChI is InChI=1S/C6H5BrN/c1-5-2-3-8-6(7)4-5/h3-4H,1H3. The van der Waals surface area contributed by atoms with Crippen LogP contribution in [-0.4, -0.2) is 4.98 Å². The van der Waals surface area contributed by atoms with Crippen LogP contribution in [0.1, 0.15) is 5.56 Å². The van der Waals surface area contributed by atoms with E-state index in [2.05, 4.69) is 27.0 Å². The highest BCUT2D eigenvalue weighted by Gasteiger charge is 1.84. The zero-order chi connectivity index (χ0) is 5.98. The monoisotopic (exact) mass is 170 g/mol. The number of nitrogens with zero attached hydrogens (tertiary/aromatic N) is 1. The highest BCUT2D eigenvalue weighted by atomic mass is 79.9. The van der Waals surface area contributed by atoms with Crippen molar-refractivity contribution in [1.82, 2.24) is 4.98 Å². The molecule has 0 bridgehead atoms. The van der Waals surface area contributed by atoms with E-state index in [4.69, 9.17) is 0 Å². The van der Waals surface area contributed by atoms with Crippen LogP contribution in [0.25, 0.3) is 0 Å². The molecule has 1 aromatic heterocycles. The van der Waals surface area contributed by atoms with Gasteiger partial charge >= 0.3 is 0 Å². The number of halogens is 1. The first-order chi connectivity index (χ1) is 3.79. The second-order valence-corrected chi connectivity index (χ2v) is 2.37. The lowest BCUT2D eigenvalue weighted by Gasteiger charge is -1.87. The number of rotatable bonds is 0. The van der Waals surface area contributed by atoms with Crippen LogP contribution in [0, 0.1) is 13.0 Å². The molecule has 0 fully saturated rings. The van der Waals surface area contributed by atoms with Gasteiger partial charge in [0.15, 0.2) is 0 Å². The minimum absolute atomic E-state index is 0.869. The van der Waals surface area contributed by atoms with Gasteiger partial charge in [0.2, 0.25) is 0 Å². The number of pyridine rings is 1. The Balaban J connectivity index is 3.08. The summed E-state index contributed by atoms with van der Waals surface area (Å²) in [7, 11) is 0. The van der Waals surface area contributed by atoms with Gasteiger partial charge in [-0.1, -0.05) is 0 Å². The van der Waals surface area contributed by atoms with Gasteiger partial charge in [0.25, 0.3) is 0 Å². The third kappa shape index (κ3) is 1.30. The molecule has 1 rings (SSSR count). The highest BCUT2D eigenvalue weighted by Crippen LogP contribution is 2.04. The molecule has 41 valence electrons. The predicted octanol–water partition coefficient (Wildman–Crippen LogP) is 1.95. The maximum Gasteiger partial charge on any atom is 0.106 e. The molecule has 0 unspecified atom stereocenters. The van der Waals surface area contributed by atoms with Gasteiger partial charge in [-0.2, -0.15) is 0 Å². The fourth-order valence-corrected chi connectivity index (χ4v) is 0.899. The zero-order valence-corrected chi connectivity index (χ0v) is 6.07. The molecule has 8 heavy (non-hydrogen) atoms. The summed E-state index contributed by atoms with van der Waals surface area (Å²) in [5.41, 5.74) is 1.10. The van der Waals surface area contributed by atoms with E-state index in [1.54, 1.807) is 6.20 Å². The van der Waals surface area contributed by atoms with E-state index >= 15 is 0 Å². The average molecular weight is 171 g/mol. The third-order valence-electron chi connectivity index (χ3n) is 0.816. The van der Waals surface area contributed by atoms with E-state index in [0.29, 0.717) is 0 Å². The van der Waals surface area contributed by atoms with Crippen molar-refractivity contribution in [3.05, 3.63) is 28.5 Å². The highest BCUT2D eigenvalue weighted by molar-refractivity contribution is 9.10. The molecule has 1 radical (unpaired) electrons. The average Bonchev–Trinajstić information content (AvgIpc) is 1.64. The van der Waals surface area contributed by atoms with Gasteiger partial charge in [0.1, 0.15) is 4.60 Å². The molecule has 0 saturated heterocycles. The Morgan fingerprint density at radius 3 is 2.88 bits per heavy atom. The summed E-state index contributed by atoms with van der Waals surface area (Å²) < 4.78 is 0.869. The Hall–Kier alpha value is -0.370. The van der Waals surface area contributed by atoms with E-state index in [9.17, 15) is 0 Å². The molecule has 1 nitrogen and oxygen atoms in total.